The van der Waals surface area contributed by atoms with Gasteiger partial charge in [0.25, 0.3) is 5.91 Å². The van der Waals surface area contributed by atoms with Crippen LogP contribution < -0.4 is 5.32 Å². The number of aliphatic hydroxyl groups is 1. The normalized spacial score (nSPS) is 15.8. The van der Waals surface area contributed by atoms with Crippen molar-refractivity contribution in [3.8, 4) is 0 Å². The first-order valence-corrected chi connectivity index (χ1v) is 7.37. The molecule has 3 rings (SSSR count). The van der Waals surface area contributed by atoms with Crippen LogP contribution in [0.1, 0.15) is 39.6 Å². The summed E-state index contributed by atoms with van der Waals surface area (Å²) in [4.78, 5) is 12.1. The molecule has 0 saturated carbocycles. The number of carbonyl (C=O) groups excluding carboxylic acids is 1. The number of hydrogen-bond donors (Lipinski definition) is 2. The Morgan fingerprint density at radius 3 is 2.76 bits per heavy atom. The van der Waals surface area contributed by atoms with E-state index in [-0.39, 0.29) is 5.91 Å². The summed E-state index contributed by atoms with van der Waals surface area (Å²) >= 11 is 5.96. The maximum atomic E-state index is 12.1. The van der Waals surface area contributed by atoms with Gasteiger partial charge in [0.2, 0.25) is 0 Å². The summed E-state index contributed by atoms with van der Waals surface area (Å²) in [6.45, 7) is 0.694. The molecule has 1 aliphatic heterocycles. The highest BCUT2D eigenvalue weighted by Crippen LogP contribution is 2.27. The molecule has 0 radical (unpaired) electrons. The first-order chi connectivity index (χ1) is 10.1. The Morgan fingerprint density at radius 2 is 1.95 bits per heavy atom. The minimum atomic E-state index is -0.787. The first-order valence-electron chi connectivity index (χ1n) is 7.00. The number of fused-ring (bicyclic) bond motifs is 1. The number of aryl methyl sites for hydroxylation is 1. The fourth-order valence-corrected chi connectivity index (χ4v) is 2.84. The molecular formula is C17H16ClNO2. The monoisotopic (exact) mass is 301 g/mol. The van der Waals surface area contributed by atoms with E-state index in [0.29, 0.717) is 22.7 Å². The zero-order valence-electron chi connectivity index (χ0n) is 11.5. The SMILES string of the molecule is O=C1NCCCc2ccc(C(O)c3cccc(Cl)c3)cc21. The molecule has 2 aromatic carbocycles. The van der Waals surface area contributed by atoms with Crippen molar-refractivity contribution in [1.29, 1.82) is 0 Å². The molecule has 0 fully saturated rings. The number of halogens is 1. The Hall–Kier alpha value is -1.84. The average molecular weight is 302 g/mol. The Kier molecular flexibility index (Phi) is 3.95. The molecule has 1 aliphatic rings. The largest absolute Gasteiger partial charge is 0.384 e. The number of hydrogen-bond acceptors (Lipinski definition) is 2. The summed E-state index contributed by atoms with van der Waals surface area (Å²) in [6, 6.07) is 12.7. The van der Waals surface area contributed by atoms with Crippen molar-refractivity contribution in [1.82, 2.24) is 5.32 Å². The van der Waals surface area contributed by atoms with Gasteiger partial charge in [0.15, 0.2) is 0 Å². The van der Waals surface area contributed by atoms with Gasteiger partial charge in [0, 0.05) is 17.1 Å². The van der Waals surface area contributed by atoms with Crippen LogP contribution in [0.5, 0.6) is 0 Å². The fourth-order valence-electron chi connectivity index (χ4n) is 2.64. The van der Waals surface area contributed by atoms with Crippen LogP contribution in [0.15, 0.2) is 42.5 Å². The van der Waals surface area contributed by atoms with Crippen LogP contribution in [0, 0.1) is 0 Å². The minimum Gasteiger partial charge on any atom is -0.384 e. The van der Waals surface area contributed by atoms with Gasteiger partial charge in [-0.25, -0.2) is 0 Å². The van der Waals surface area contributed by atoms with Crippen molar-refractivity contribution in [2.45, 2.75) is 18.9 Å². The maximum absolute atomic E-state index is 12.1. The summed E-state index contributed by atoms with van der Waals surface area (Å²) in [5.41, 5.74) is 3.11. The van der Waals surface area contributed by atoms with Gasteiger partial charge >= 0.3 is 0 Å². The summed E-state index contributed by atoms with van der Waals surface area (Å²) in [5.74, 6) is -0.0670. The van der Waals surface area contributed by atoms with E-state index in [0.717, 1.165) is 24.0 Å². The van der Waals surface area contributed by atoms with Crippen LogP contribution in [0.4, 0.5) is 0 Å². The third-order valence-corrected chi connectivity index (χ3v) is 4.00. The molecule has 2 aromatic rings. The van der Waals surface area contributed by atoms with E-state index in [9.17, 15) is 9.90 Å². The number of rotatable bonds is 2. The van der Waals surface area contributed by atoms with E-state index in [2.05, 4.69) is 5.32 Å². The van der Waals surface area contributed by atoms with Crippen molar-refractivity contribution < 1.29 is 9.90 Å². The van der Waals surface area contributed by atoms with Crippen molar-refractivity contribution in [3.63, 3.8) is 0 Å². The molecule has 108 valence electrons. The molecule has 1 amide bonds. The molecule has 0 spiro atoms. The minimum absolute atomic E-state index is 0.0670. The lowest BCUT2D eigenvalue weighted by molar-refractivity contribution is 0.0956. The lowest BCUT2D eigenvalue weighted by Crippen LogP contribution is -2.22. The predicted molar refractivity (Wildman–Crippen MR) is 82.6 cm³/mol. The van der Waals surface area contributed by atoms with Crippen LogP contribution >= 0.6 is 11.6 Å². The van der Waals surface area contributed by atoms with Crippen molar-refractivity contribution >= 4 is 17.5 Å². The van der Waals surface area contributed by atoms with Gasteiger partial charge in [0.05, 0.1) is 0 Å². The van der Waals surface area contributed by atoms with E-state index >= 15 is 0 Å². The van der Waals surface area contributed by atoms with E-state index < -0.39 is 6.10 Å². The number of amides is 1. The van der Waals surface area contributed by atoms with Gasteiger partial charge in [-0.2, -0.15) is 0 Å². The third kappa shape index (κ3) is 2.94. The lowest BCUT2D eigenvalue weighted by atomic mass is 9.95. The first kappa shape index (κ1) is 14.1. The van der Waals surface area contributed by atoms with E-state index in [1.165, 1.54) is 0 Å². The highest BCUT2D eigenvalue weighted by atomic mass is 35.5. The summed E-state index contributed by atoms with van der Waals surface area (Å²) in [5, 5.41) is 13.9. The maximum Gasteiger partial charge on any atom is 0.251 e. The van der Waals surface area contributed by atoms with Gasteiger partial charge in [-0.05, 0) is 47.7 Å². The quantitative estimate of drug-likeness (QED) is 0.895. The van der Waals surface area contributed by atoms with E-state index in [1.807, 2.05) is 18.2 Å². The Balaban J connectivity index is 1.98. The number of aliphatic hydroxyl groups excluding tert-OH is 1. The van der Waals surface area contributed by atoms with Crippen LogP contribution in [-0.2, 0) is 6.42 Å². The second kappa shape index (κ2) is 5.88. The highest BCUT2D eigenvalue weighted by molar-refractivity contribution is 6.30. The van der Waals surface area contributed by atoms with Gasteiger partial charge in [0.1, 0.15) is 6.10 Å². The molecule has 3 nitrogen and oxygen atoms in total. The number of nitrogens with one attached hydrogen (secondary N) is 1. The average Bonchev–Trinajstić information content (AvgIpc) is 2.68. The third-order valence-electron chi connectivity index (χ3n) is 3.77. The zero-order valence-corrected chi connectivity index (χ0v) is 12.2. The molecule has 4 heteroatoms. The molecule has 0 aromatic heterocycles. The zero-order chi connectivity index (χ0) is 14.8. The molecule has 0 aliphatic carbocycles. The van der Waals surface area contributed by atoms with Crippen LogP contribution in [0.3, 0.4) is 0 Å². The predicted octanol–water partition coefficient (Wildman–Crippen LogP) is 3.10. The molecule has 1 unspecified atom stereocenters. The summed E-state index contributed by atoms with van der Waals surface area (Å²) < 4.78 is 0. The fraction of sp³-hybridized carbons (Fsp3) is 0.235. The van der Waals surface area contributed by atoms with E-state index in [4.69, 9.17) is 11.6 Å². The Labute approximate surface area is 128 Å². The second-order valence-corrected chi connectivity index (χ2v) is 5.67. The highest BCUT2D eigenvalue weighted by Gasteiger charge is 2.18. The topological polar surface area (TPSA) is 49.3 Å². The molecule has 1 atom stereocenters. The standard InChI is InChI=1S/C17H16ClNO2/c18-14-5-1-3-12(9-14)16(20)13-7-6-11-4-2-8-19-17(21)15(11)10-13/h1,3,5-7,9-10,16,20H,2,4,8H2,(H,19,21). The molecule has 1 heterocycles. The van der Waals surface area contributed by atoms with Gasteiger partial charge in [-0.1, -0.05) is 35.9 Å². The number of benzene rings is 2. The molecule has 0 bridgehead atoms. The van der Waals surface area contributed by atoms with Crippen molar-refractivity contribution in [3.05, 3.63) is 69.7 Å². The van der Waals surface area contributed by atoms with Crippen molar-refractivity contribution in [2.75, 3.05) is 6.54 Å². The van der Waals surface area contributed by atoms with Gasteiger partial charge in [-0.15, -0.1) is 0 Å². The van der Waals surface area contributed by atoms with E-state index in [1.54, 1.807) is 24.3 Å². The van der Waals surface area contributed by atoms with Crippen LogP contribution in [0.25, 0.3) is 0 Å². The smallest absolute Gasteiger partial charge is 0.251 e. The Bertz CT molecular complexity index is 684. The summed E-state index contributed by atoms with van der Waals surface area (Å²) in [6.07, 6.45) is 1.03. The van der Waals surface area contributed by atoms with Crippen LogP contribution in [-0.4, -0.2) is 17.6 Å². The van der Waals surface area contributed by atoms with Crippen molar-refractivity contribution in [2.24, 2.45) is 0 Å². The van der Waals surface area contributed by atoms with Gasteiger partial charge < -0.3 is 10.4 Å². The number of carbonyl (C=O) groups is 1. The van der Waals surface area contributed by atoms with Crippen LogP contribution in [0.2, 0.25) is 5.02 Å². The molecule has 21 heavy (non-hydrogen) atoms. The second-order valence-electron chi connectivity index (χ2n) is 5.23. The molecule has 2 N–H and O–H groups in total. The molecular weight excluding hydrogens is 286 g/mol. The lowest BCUT2D eigenvalue weighted by Gasteiger charge is -2.14. The summed E-state index contributed by atoms with van der Waals surface area (Å²) in [7, 11) is 0. The Morgan fingerprint density at radius 1 is 1.14 bits per heavy atom. The van der Waals surface area contributed by atoms with Gasteiger partial charge in [-0.3, -0.25) is 4.79 Å². The molecule has 0 saturated heterocycles.